The second-order valence-corrected chi connectivity index (χ2v) is 5.54. The molecular weight excluding hydrogens is 356 g/mol. The van der Waals surface area contributed by atoms with Crippen molar-refractivity contribution in [2.45, 2.75) is 6.92 Å². The van der Waals surface area contributed by atoms with Gasteiger partial charge in [-0.3, -0.25) is 4.79 Å². The Bertz CT molecular complexity index is 728. The van der Waals surface area contributed by atoms with E-state index in [1.807, 2.05) is 0 Å². The number of carbonyl (C=O) groups is 3. The van der Waals surface area contributed by atoms with Crippen molar-refractivity contribution in [2.24, 2.45) is 0 Å². The molecular formula is C18H22N2O7. The highest BCUT2D eigenvalue weighted by molar-refractivity contribution is 6.03. The van der Waals surface area contributed by atoms with Crippen LogP contribution in [0.2, 0.25) is 0 Å². The van der Waals surface area contributed by atoms with Crippen LogP contribution in [0.5, 0.6) is 5.75 Å². The lowest BCUT2D eigenvalue weighted by molar-refractivity contribution is -0.140. The fourth-order valence-electron chi connectivity index (χ4n) is 2.47. The zero-order chi connectivity index (χ0) is 19.8. The molecule has 1 heterocycles. The van der Waals surface area contributed by atoms with Crippen molar-refractivity contribution < 1.29 is 33.3 Å². The zero-order valence-electron chi connectivity index (χ0n) is 15.4. The molecule has 9 heteroatoms. The molecule has 0 aromatic heterocycles. The van der Waals surface area contributed by atoms with Crippen LogP contribution in [0.25, 0.3) is 0 Å². The zero-order valence-corrected chi connectivity index (χ0v) is 15.4. The number of esters is 2. The Morgan fingerprint density at radius 2 is 1.78 bits per heavy atom. The molecule has 9 nitrogen and oxygen atoms in total. The Morgan fingerprint density at radius 1 is 1.11 bits per heavy atom. The summed E-state index contributed by atoms with van der Waals surface area (Å²) in [5.74, 6) is -0.839. The van der Waals surface area contributed by atoms with Gasteiger partial charge >= 0.3 is 11.9 Å². The van der Waals surface area contributed by atoms with Gasteiger partial charge in [0.2, 0.25) is 5.91 Å². The van der Waals surface area contributed by atoms with Crippen LogP contribution in [0.1, 0.15) is 6.92 Å². The number of ether oxygens (including phenoxy) is 4. The predicted octanol–water partition coefficient (Wildman–Crippen LogP) is 0.596. The Kier molecular flexibility index (Phi) is 7.18. The molecule has 0 radical (unpaired) electrons. The van der Waals surface area contributed by atoms with Gasteiger partial charge in [-0.25, -0.2) is 9.59 Å². The fraction of sp³-hybridized carbons (Fsp3) is 0.389. The van der Waals surface area contributed by atoms with Crippen molar-refractivity contribution in [2.75, 3.05) is 45.6 Å². The normalized spacial score (nSPS) is 13.8. The number of anilines is 1. The summed E-state index contributed by atoms with van der Waals surface area (Å²) in [6.45, 7) is 2.19. The van der Waals surface area contributed by atoms with Crippen LogP contribution < -0.4 is 15.0 Å². The third kappa shape index (κ3) is 5.20. The van der Waals surface area contributed by atoms with Crippen LogP contribution in [0, 0.1) is 0 Å². The van der Waals surface area contributed by atoms with Crippen LogP contribution >= 0.6 is 0 Å². The summed E-state index contributed by atoms with van der Waals surface area (Å²) >= 11 is 0. The quantitative estimate of drug-likeness (QED) is 0.543. The number of hydrogen-bond donors (Lipinski definition) is 1. The van der Waals surface area contributed by atoms with E-state index in [-0.39, 0.29) is 30.5 Å². The van der Waals surface area contributed by atoms with Crippen LogP contribution in [0.15, 0.2) is 35.5 Å². The number of benzene rings is 1. The summed E-state index contributed by atoms with van der Waals surface area (Å²) in [6, 6.07) is 6.87. The monoisotopic (exact) mass is 378 g/mol. The second-order valence-electron chi connectivity index (χ2n) is 5.54. The van der Waals surface area contributed by atoms with Gasteiger partial charge in [-0.1, -0.05) is 0 Å². The van der Waals surface area contributed by atoms with E-state index < -0.39 is 11.9 Å². The van der Waals surface area contributed by atoms with Crippen molar-refractivity contribution in [1.82, 2.24) is 5.32 Å². The molecule has 1 aliphatic rings. The second kappa shape index (κ2) is 9.58. The van der Waals surface area contributed by atoms with Gasteiger partial charge in [0.1, 0.15) is 24.8 Å². The van der Waals surface area contributed by atoms with E-state index >= 15 is 0 Å². The minimum Gasteiger partial charge on any atom is -0.492 e. The summed E-state index contributed by atoms with van der Waals surface area (Å²) in [7, 11) is 2.47. The molecule has 0 spiro atoms. The number of amides is 1. The third-order valence-corrected chi connectivity index (χ3v) is 3.73. The van der Waals surface area contributed by atoms with Crippen LogP contribution in [-0.2, 0) is 28.6 Å². The lowest BCUT2D eigenvalue weighted by Gasteiger charge is -2.31. The van der Waals surface area contributed by atoms with E-state index in [1.165, 1.54) is 26.0 Å². The van der Waals surface area contributed by atoms with Crippen LogP contribution in [0.4, 0.5) is 5.69 Å². The first kappa shape index (κ1) is 20.2. The molecule has 0 unspecified atom stereocenters. The molecule has 1 aromatic carbocycles. The molecule has 27 heavy (non-hydrogen) atoms. The smallest absolute Gasteiger partial charge is 0.355 e. The summed E-state index contributed by atoms with van der Waals surface area (Å²) in [5, 5.41) is 2.63. The van der Waals surface area contributed by atoms with Crippen LogP contribution in [-0.4, -0.2) is 58.6 Å². The Morgan fingerprint density at radius 3 is 2.37 bits per heavy atom. The molecule has 0 saturated carbocycles. The number of nitrogens with one attached hydrogen (secondary N) is 1. The molecule has 0 fully saturated rings. The number of carbonyl (C=O) groups excluding carboxylic acids is 3. The van der Waals surface area contributed by atoms with Crippen molar-refractivity contribution in [3.05, 3.63) is 35.5 Å². The number of methoxy groups -OCH3 is 2. The molecule has 146 valence electrons. The third-order valence-electron chi connectivity index (χ3n) is 3.73. The maximum Gasteiger partial charge on any atom is 0.355 e. The van der Waals surface area contributed by atoms with Crippen LogP contribution in [0.3, 0.4) is 0 Å². The lowest BCUT2D eigenvalue weighted by atomic mass is 10.1. The number of hydrogen-bond acceptors (Lipinski definition) is 8. The average Bonchev–Trinajstić information content (AvgIpc) is 2.69. The molecule has 0 atom stereocenters. The van der Waals surface area contributed by atoms with Crippen molar-refractivity contribution in [3.63, 3.8) is 0 Å². The van der Waals surface area contributed by atoms with E-state index in [0.29, 0.717) is 24.6 Å². The largest absolute Gasteiger partial charge is 0.492 e. The van der Waals surface area contributed by atoms with E-state index in [9.17, 15) is 14.4 Å². The molecule has 0 aliphatic carbocycles. The molecule has 0 saturated heterocycles. The number of rotatable bonds is 7. The standard InChI is InChI=1S/C18H22N2O7/c1-12(21)19-8-9-27-14-6-4-13(5-7-14)20-11-26-10-15(17(22)24-2)16(20)18(23)25-3/h4-7H,8-11H2,1-3H3,(H,19,21). The highest BCUT2D eigenvalue weighted by Gasteiger charge is 2.32. The maximum atomic E-state index is 12.2. The molecule has 1 N–H and O–H groups in total. The maximum absolute atomic E-state index is 12.2. The van der Waals surface area contributed by atoms with E-state index in [2.05, 4.69) is 5.32 Å². The van der Waals surface area contributed by atoms with Crippen molar-refractivity contribution >= 4 is 23.5 Å². The van der Waals surface area contributed by atoms with Gasteiger partial charge in [0.25, 0.3) is 0 Å². The van der Waals surface area contributed by atoms with Crippen molar-refractivity contribution in [1.29, 1.82) is 0 Å². The molecule has 1 aliphatic heterocycles. The SMILES string of the molecule is COC(=O)C1=C(C(=O)OC)N(c2ccc(OCCNC(C)=O)cc2)COC1. The minimum atomic E-state index is -0.658. The summed E-state index contributed by atoms with van der Waals surface area (Å²) in [6.07, 6.45) is 0. The Hall–Kier alpha value is -3.07. The van der Waals surface area contributed by atoms with E-state index in [1.54, 1.807) is 24.3 Å². The highest BCUT2D eigenvalue weighted by Crippen LogP contribution is 2.28. The van der Waals surface area contributed by atoms with E-state index in [4.69, 9.17) is 18.9 Å². The summed E-state index contributed by atoms with van der Waals surface area (Å²) in [5.41, 5.74) is 0.784. The van der Waals surface area contributed by atoms with Gasteiger partial charge in [-0.2, -0.15) is 0 Å². The first-order valence-electron chi connectivity index (χ1n) is 8.20. The van der Waals surface area contributed by atoms with Gasteiger partial charge in [-0.15, -0.1) is 0 Å². The first-order valence-corrected chi connectivity index (χ1v) is 8.20. The van der Waals surface area contributed by atoms with Gasteiger partial charge in [0.05, 0.1) is 32.9 Å². The molecule has 1 aromatic rings. The molecule has 1 amide bonds. The lowest BCUT2D eigenvalue weighted by Crippen LogP contribution is -2.38. The van der Waals surface area contributed by atoms with Crippen molar-refractivity contribution in [3.8, 4) is 5.75 Å². The van der Waals surface area contributed by atoms with Gasteiger partial charge in [0, 0.05) is 12.6 Å². The average molecular weight is 378 g/mol. The Labute approximate surface area is 156 Å². The van der Waals surface area contributed by atoms with Gasteiger partial charge < -0.3 is 29.2 Å². The number of nitrogens with zero attached hydrogens (tertiary/aromatic N) is 1. The topological polar surface area (TPSA) is 103 Å². The first-order chi connectivity index (χ1) is 13.0. The van der Waals surface area contributed by atoms with E-state index in [0.717, 1.165) is 0 Å². The van der Waals surface area contributed by atoms with Gasteiger partial charge in [0.15, 0.2) is 0 Å². The summed E-state index contributed by atoms with van der Waals surface area (Å²) in [4.78, 5) is 36.6. The van der Waals surface area contributed by atoms with Gasteiger partial charge in [-0.05, 0) is 24.3 Å². The highest BCUT2D eigenvalue weighted by atomic mass is 16.5. The fourth-order valence-corrected chi connectivity index (χ4v) is 2.47. The Balaban J connectivity index is 2.18. The molecule has 2 rings (SSSR count). The molecule has 0 bridgehead atoms. The minimum absolute atomic E-state index is 0.0437. The predicted molar refractivity (Wildman–Crippen MR) is 95.0 cm³/mol. The summed E-state index contributed by atoms with van der Waals surface area (Å²) < 4.78 is 20.5.